The molecule has 1 amide bonds. The van der Waals surface area contributed by atoms with Gasteiger partial charge in [-0.25, -0.2) is 4.79 Å². The molecule has 0 aliphatic heterocycles. The van der Waals surface area contributed by atoms with Crippen LogP contribution in [0.1, 0.15) is 102 Å². The lowest BCUT2D eigenvalue weighted by Gasteiger charge is -2.17. The Kier molecular flexibility index (Phi) is 18.8. The summed E-state index contributed by atoms with van der Waals surface area (Å²) < 4.78 is 9.19. The fourth-order valence-electron chi connectivity index (χ4n) is 4.55. The van der Waals surface area contributed by atoms with Crippen LogP contribution in [0.15, 0.2) is 24.3 Å². The molecule has 0 saturated carbocycles. The molecule has 3 N–H and O–H groups in total. The van der Waals surface area contributed by atoms with E-state index in [9.17, 15) is 19.8 Å². The van der Waals surface area contributed by atoms with Gasteiger partial charge in [-0.15, -0.1) is 0 Å². The minimum absolute atomic E-state index is 0.195. The summed E-state index contributed by atoms with van der Waals surface area (Å²) >= 11 is 8.48. The lowest BCUT2D eigenvalue weighted by atomic mass is 10.0. The number of aromatic hydroxyl groups is 1. The first kappa shape index (κ1) is 37.1. The summed E-state index contributed by atoms with van der Waals surface area (Å²) in [6.45, 7) is 2.25. The molecule has 0 aromatic heterocycles. The number of phenols is 1. The first-order chi connectivity index (χ1) is 19.6. The molecule has 0 fully saturated rings. The monoisotopic (exact) mass is 1010 g/mol. The van der Waals surface area contributed by atoms with E-state index in [1.165, 1.54) is 64.2 Å². The third-order valence-electron chi connectivity index (χ3n) is 6.85. The molecule has 2 aromatic carbocycles. The number of carboxylic acids is 1. The van der Waals surface area contributed by atoms with Gasteiger partial charge in [0, 0.05) is 12.8 Å². The first-order valence-corrected chi connectivity index (χ1v) is 18.8. The predicted molar refractivity (Wildman–Crippen MR) is 199 cm³/mol. The van der Waals surface area contributed by atoms with Crippen LogP contribution < -0.4 is 10.1 Å². The summed E-state index contributed by atoms with van der Waals surface area (Å²) in [7, 11) is 0. The van der Waals surface area contributed by atoms with Crippen LogP contribution in [-0.4, -0.2) is 28.1 Å². The largest absolute Gasteiger partial charge is 0.506 e. The van der Waals surface area contributed by atoms with Crippen molar-refractivity contribution < 1.29 is 24.5 Å². The van der Waals surface area contributed by atoms with Gasteiger partial charge in [-0.3, -0.25) is 4.79 Å². The third-order valence-corrected chi connectivity index (χ3v) is 10.1. The number of carboxylic acid groups (broad SMARTS) is 1. The second-order valence-corrected chi connectivity index (χ2v) is 15.0. The van der Waals surface area contributed by atoms with Crippen LogP contribution in [-0.2, 0) is 16.0 Å². The highest BCUT2D eigenvalue weighted by molar-refractivity contribution is 14.1. The minimum Gasteiger partial charge on any atom is -0.506 e. The molecule has 0 radical (unpaired) electrons. The van der Waals surface area contributed by atoms with Crippen molar-refractivity contribution in [2.45, 2.75) is 109 Å². The molecule has 41 heavy (non-hydrogen) atoms. The van der Waals surface area contributed by atoms with Crippen LogP contribution in [0.3, 0.4) is 0 Å². The summed E-state index contributed by atoms with van der Waals surface area (Å²) in [5.74, 6) is 0.271. The molecule has 1 atom stereocenters. The average molecular weight is 1020 g/mol. The van der Waals surface area contributed by atoms with Gasteiger partial charge in [-0.1, -0.05) is 84.0 Å². The molecule has 1 unspecified atom stereocenters. The number of halogens is 4. The van der Waals surface area contributed by atoms with E-state index in [2.05, 4.69) is 103 Å². The Morgan fingerprint density at radius 3 is 1.68 bits per heavy atom. The maximum atomic E-state index is 12.5. The van der Waals surface area contributed by atoms with E-state index in [-0.39, 0.29) is 18.1 Å². The maximum Gasteiger partial charge on any atom is 0.326 e. The summed E-state index contributed by atoms with van der Waals surface area (Å²) in [5, 5.41) is 22.5. The van der Waals surface area contributed by atoms with E-state index in [0.717, 1.165) is 32.0 Å². The maximum absolute atomic E-state index is 12.5. The van der Waals surface area contributed by atoms with Crippen LogP contribution in [0, 0.1) is 14.3 Å². The Labute approximate surface area is 299 Å². The molecule has 0 saturated heterocycles. The molecule has 2 rings (SSSR count). The van der Waals surface area contributed by atoms with Crippen LogP contribution in [0.5, 0.6) is 17.2 Å². The van der Waals surface area contributed by atoms with Crippen LogP contribution in [0.25, 0.3) is 0 Å². The summed E-state index contributed by atoms with van der Waals surface area (Å²) in [6, 6.07) is 6.34. The number of aliphatic carboxylic acids is 1. The molecule has 228 valence electrons. The smallest absolute Gasteiger partial charge is 0.326 e. The molecule has 0 heterocycles. The van der Waals surface area contributed by atoms with Crippen LogP contribution in [0.2, 0.25) is 0 Å². The summed E-state index contributed by atoms with van der Waals surface area (Å²) in [6.07, 6.45) is 16.7. The van der Waals surface area contributed by atoms with Crippen molar-refractivity contribution >= 4 is 102 Å². The zero-order valence-corrected chi connectivity index (χ0v) is 32.3. The second-order valence-electron chi connectivity index (χ2n) is 10.4. The van der Waals surface area contributed by atoms with Crippen molar-refractivity contribution in [3.8, 4) is 17.2 Å². The number of carbonyl (C=O) groups is 2. The van der Waals surface area contributed by atoms with Gasteiger partial charge in [0.05, 0.1) is 14.3 Å². The van der Waals surface area contributed by atoms with Gasteiger partial charge >= 0.3 is 5.97 Å². The molecule has 0 bridgehead atoms. The van der Waals surface area contributed by atoms with E-state index in [1.54, 1.807) is 12.1 Å². The zero-order chi connectivity index (χ0) is 30.2. The molecular weight excluding hydrogens is 974 g/mol. The van der Waals surface area contributed by atoms with Gasteiger partial charge in [0.15, 0.2) is 5.75 Å². The number of ether oxygens (including phenoxy) is 1. The number of unbranched alkanes of at least 4 members (excludes halogenated alkanes) is 12. The Morgan fingerprint density at radius 1 is 0.756 bits per heavy atom. The Bertz CT molecular complexity index is 1080. The van der Waals surface area contributed by atoms with Crippen molar-refractivity contribution in [1.29, 1.82) is 0 Å². The predicted octanol–water partition coefficient (Wildman–Crippen LogP) is 10.2. The lowest BCUT2D eigenvalue weighted by Crippen LogP contribution is -2.42. The summed E-state index contributed by atoms with van der Waals surface area (Å²) in [5.41, 5.74) is 0.815. The molecule has 10 heteroatoms. The molecule has 0 aliphatic carbocycles. The number of hydrogen-bond donors (Lipinski definition) is 3. The van der Waals surface area contributed by atoms with Gasteiger partial charge in [0.1, 0.15) is 17.5 Å². The minimum atomic E-state index is -1.04. The summed E-state index contributed by atoms with van der Waals surface area (Å²) in [4.78, 5) is 24.4. The third kappa shape index (κ3) is 14.5. The van der Waals surface area contributed by atoms with Gasteiger partial charge in [0.25, 0.3) is 0 Å². The molecule has 0 aliphatic rings. The molecule has 0 spiro atoms. The highest BCUT2D eigenvalue weighted by Crippen LogP contribution is 2.37. The number of phenolic OH excluding ortho intramolecular Hbond substituents is 1. The number of benzene rings is 2. The van der Waals surface area contributed by atoms with E-state index in [4.69, 9.17) is 4.74 Å². The van der Waals surface area contributed by atoms with E-state index in [1.807, 2.05) is 12.1 Å². The van der Waals surface area contributed by atoms with Crippen molar-refractivity contribution in [1.82, 2.24) is 5.32 Å². The van der Waals surface area contributed by atoms with Crippen LogP contribution >= 0.6 is 90.4 Å². The van der Waals surface area contributed by atoms with Crippen molar-refractivity contribution in [2.75, 3.05) is 0 Å². The average Bonchev–Trinajstić information content (AvgIpc) is 2.91. The Hall–Kier alpha value is -0.100. The quantitative estimate of drug-likeness (QED) is 0.0908. The van der Waals surface area contributed by atoms with Crippen molar-refractivity contribution in [2.24, 2.45) is 0 Å². The SMILES string of the molecule is CCCCCCCCCCCCCCCC(=O)NC(Cc1cc(I)c(Oc2cc(I)c(O)c(I)c2)c(I)c1)C(=O)O. The molecular formula is C31H41I4NO5. The normalized spacial score (nSPS) is 11.8. The van der Waals surface area contributed by atoms with Gasteiger partial charge in [-0.2, -0.15) is 0 Å². The highest BCUT2D eigenvalue weighted by Gasteiger charge is 2.22. The highest BCUT2D eigenvalue weighted by atomic mass is 127. The van der Waals surface area contributed by atoms with Gasteiger partial charge < -0.3 is 20.3 Å². The van der Waals surface area contributed by atoms with E-state index >= 15 is 0 Å². The van der Waals surface area contributed by atoms with Gasteiger partial charge in [0.2, 0.25) is 5.91 Å². The lowest BCUT2D eigenvalue weighted by molar-refractivity contribution is -0.141. The Morgan fingerprint density at radius 2 is 1.22 bits per heavy atom. The topological polar surface area (TPSA) is 95.9 Å². The molecule has 2 aromatic rings. The zero-order valence-electron chi connectivity index (χ0n) is 23.6. The first-order valence-electron chi connectivity index (χ1n) is 14.5. The fourth-order valence-corrected chi connectivity index (χ4v) is 8.38. The van der Waals surface area contributed by atoms with Gasteiger partial charge in [-0.05, 0) is 127 Å². The van der Waals surface area contributed by atoms with E-state index < -0.39 is 12.0 Å². The molecule has 6 nitrogen and oxygen atoms in total. The van der Waals surface area contributed by atoms with Crippen LogP contribution in [0.4, 0.5) is 0 Å². The standard InChI is InChI=1S/C31H41I4NO5/c1-2-3-4-5-6-7-8-9-10-11-12-13-14-15-28(37)36-27(31(39)40)18-21-16-25(34)30(26(35)17-21)41-22-19-23(32)29(38)24(33)20-22/h16-17,19-20,27,38H,2-15,18H2,1H3,(H,36,37)(H,39,40). The number of carbonyl (C=O) groups excluding carboxylic acids is 1. The second kappa shape index (κ2) is 20.8. The number of nitrogens with one attached hydrogen (secondary N) is 1. The van der Waals surface area contributed by atoms with Crippen molar-refractivity contribution in [3.05, 3.63) is 44.1 Å². The number of hydrogen-bond acceptors (Lipinski definition) is 4. The van der Waals surface area contributed by atoms with E-state index in [0.29, 0.717) is 25.1 Å². The number of rotatable bonds is 20. The fraction of sp³-hybridized carbons (Fsp3) is 0.548. The van der Waals surface area contributed by atoms with Crippen molar-refractivity contribution in [3.63, 3.8) is 0 Å². The Balaban J connectivity index is 1.75. The number of amides is 1.